The monoisotopic (exact) mass is 406 g/mol. The number of hydrogen-bond acceptors (Lipinski definition) is 4. The minimum absolute atomic E-state index is 0.0333. The van der Waals surface area contributed by atoms with E-state index in [1.807, 2.05) is 23.1 Å². The van der Waals surface area contributed by atoms with Crippen molar-refractivity contribution in [3.8, 4) is 11.4 Å². The molecule has 0 bridgehead atoms. The van der Waals surface area contributed by atoms with Gasteiger partial charge in [-0.05, 0) is 49.9 Å². The van der Waals surface area contributed by atoms with E-state index in [0.29, 0.717) is 30.1 Å². The van der Waals surface area contributed by atoms with Crippen LogP contribution < -0.4 is 5.56 Å². The molecule has 0 aliphatic carbocycles. The van der Waals surface area contributed by atoms with Crippen molar-refractivity contribution in [3.05, 3.63) is 51.9 Å². The van der Waals surface area contributed by atoms with E-state index in [1.165, 1.54) is 0 Å². The van der Waals surface area contributed by atoms with Crippen LogP contribution in [0.5, 0.6) is 0 Å². The predicted octanol–water partition coefficient (Wildman–Crippen LogP) is 2.78. The van der Waals surface area contributed by atoms with E-state index in [4.69, 9.17) is 4.98 Å². The van der Waals surface area contributed by atoms with Gasteiger partial charge in [0.25, 0.3) is 5.56 Å². The maximum absolute atomic E-state index is 12.2. The lowest BCUT2D eigenvalue weighted by molar-refractivity contribution is -0.130. The van der Waals surface area contributed by atoms with Crippen LogP contribution in [0.15, 0.2) is 35.3 Å². The summed E-state index contributed by atoms with van der Waals surface area (Å²) in [4.78, 5) is 42.1. The Labute approximate surface area is 174 Å². The third-order valence-corrected chi connectivity index (χ3v) is 5.93. The number of aryl methyl sites for hydroxylation is 2. The van der Waals surface area contributed by atoms with Gasteiger partial charge in [-0.2, -0.15) is 0 Å². The van der Waals surface area contributed by atoms with Gasteiger partial charge in [0, 0.05) is 56.5 Å². The average molecular weight is 406 g/mol. The highest BCUT2D eigenvalue weighted by Crippen LogP contribution is 2.28. The topological polar surface area (TPSA) is 77.2 Å². The molecule has 0 spiro atoms. The number of carbonyl (C=O) groups excluding carboxylic acids is 2. The molecule has 1 aliphatic heterocycles. The van der Waals surface area contributed by atoms with Gasteiger partial charge >= 0.3 is 0 Å². The number of piperidine rings is 1. The van der Waals surface area contributed by atoms with Crippen LogP contribution in [0.1, 0.15) is 35.7 Å². The predicted molar refractivity (Wildman–Crippen MR) is 116 cm³/mol. The quantitative estimate of drug-likeness (QED) is 0.624. The van der Waals surface area contributed by atoms with E-state index in [9.17, 15) is 14.4 Å². The molecule has 3 aromatic rings. The maximum atomic E-state index is 12.2. The van der Waals surface area contributed by atoms with Crippen molar-refractivity contribution in [2.75, 3.05) is 13.1 Å². The minimum Gasteiger partial charge on any atom is -0.343 e. The highest BCUT2D eigenvalue weighted by atomic mass is 16.2. The summed E-state index contributed by atoms with van der Waals surface area (Å²) in [6.45, 7) is 5.63. The molecule has 30 heavy (non-hydrogen) atoms. The summed E-state index contributed by atoms with van der Waals surface area (Å²) in [5.74, 6) is 1.17. The van der Waals surface area contributed by atoms with Gasteiger partial charge in [0.2, 0.25) is 5.91 Å². The first kappa shape index (κ1) is 20.1. The Bertz CT molecular complexity index is 1160. The van der Waals surface area contributed by atoms with Gasteiger partial charge in [0.05, 0.1) is 11.0 Å². The second kappa shape index (κ2) is 7.89. The zero-order valence-electron chi connectivity index (χ0n) is 17.6. The van der Waals surface area contributed by atoms with Gasteiger partial charge in [0.1, 0.15) is 12.1 Å². The zero-order chi connectivity index (χ0) is 21.4. The van der Waals surface area contributed by atoms with Crippen molar-refractivity contribution in [3.63, 3.8) is 0 Å². The number of aromatic nitrogens is 3. The molecule has 2 aromatic heterocycles. The number of carbonyl (C=O) groups is 2. The Morgan fingerprint density at radius 2 is 2.10 bits per heavy atom. The number of pyridine rings is 1. The summed E-state index contributed by atoms with van der Waals surface area (Å²) in [5.41, 5.74) is 3.78. The molecular weight excluding hydrogens is 380 g/mol. The summed E-state index contributed by atoms with van der Waals surface area (Å²) in [7, 11) is 1.74. The Morgan fingerprint density at radius 1 is 1.30 bits per heavy atom. The fraction of sp³-hybridized carbons (Fsp3) is 0.391. The molecule has 0 saturated carbocycles. The number of imidazole rings is 1. The van der Waals surface area contributed by atoms with E-state index in [2.05, 4.69) is 4.57 Å². The Hall–Kier alpha value is -3.22. The number of amides is 1. The molecule has 156 valence electrons. The molecule has 0 radical (unpaired) electrons. The van der Waals surface area contributed by atoms with Gasteiger partial charge in [0.15, 0.2) is 0 Å². The van der Waals surface area contributed by atoms with Crippen LogP contribution in [0, 0.1) is 12.8 Å². The van der Waals surface area contributed by atoms with E-state index >= 15 is 0 Å². The first-order valence-electron chi connectivity index (χ1n) is 10.3. The molecule has 1 saturated heterocycles. The number of nitrogens with zero attached hydrogens (tertiary/aromatic N) is 4. The molecule has 1 fully saturated rings. The molecular formula is C23H26N4O3. The molecule has 4 rings (SSSR count). The third kappa shape index (κ3) is 3.67. The third-order valence-electron chi connectivity index (χ3n) is 5.93. The molecule has 0 N–H and O–H groups in total. The highest BCUT2D eigenvalue weighted by Gasteiger charge is 2.24. The summed E-state index contributed by atoms with van der Waals surface area (Å²) >= 11 is 0. The first-order chi connectivity index (χ1) is 14.4. The lowest BCUT2D eigenvalue weighted by atomic mass is 9.97. The molecule has 7 nitrogen and oxygen atoms in total. The maximum Gasteiger partial charge on any atom is 0.253 e. The number of benzene rings is 1. The van der Waals surface area contributed by atoms with Gasteiger partial charge in [-0.15, -0.1) is 0 Å². The summed E-state index contributed by atoms with van der Waals surface area (Å²) < 4.78 is 3.71. The van der Waals surface area contributed by atoms with Crippen molar-refractivity contribution >= 4 is 23.2 Å². The largest absolute Gasteiger partial charge is 0.343 e. The molecule has 1 atom stereocenters. The van der Waals surface area contributed by atoms with E-state index in [1.54, 1.807) is 37.7 Å². The van der Waals surface area contributed by atoms with Gasteiger partial charge < -0.3 is 14.0 Å². The summed E-state index contributed by atoms with van der Waals surface area (Å²) in [6.07, 6.45) is 4.65. The van der Waals surface area contributed by atoms with Crippen molar-refractivity contribution in [1.29, 1.82) is 0 Å². The van der Waals surface area contributed by atoms with Crippen LogP contribution in [0.2, 0.25) is 0 Å². The molecule has 7 heteroatoms. The van der Waals surface area contributed by atoms with E-state index in [-0.39, 0.29) is 11.5 Å². The molecule has 1 aromatic carbocycles. The summed E-state index contributed by atoms with van der Waals surface area (Å²) in [5, 5.41) is 0. The zero-order valence-corrected chi connectivity index (χ0v) is 17.6. The standard InChI is InChI=1S/C23H26N4O3/c1-15-9-19(13-25(3)23(15)30)22-24-20-7-6-17(14-28)10-21(20)27(22)12-18-5-4-8-26(11-18)16(2)29/h6-7,9-10,13-14,18H,4-5,8,11-12H2,1-3H3/t18-/m0/s1. The first-order valence-corrected chi connectivity index (χ1v) is 10.3. The number of rotatable bonds is 4. The fourth-order valence-electron chi connectivity index (χ4n) is 4.38. The fourth-order valence-corrected chi connectivity index (χ4v) is 4.38. The second-order valence-electron chi connectivity index (χ2n) is 8.21. The van der Waals surface area contributed by atoms with Crippen LogP contribution in [0.3, 0.4) is 0 Å². The highest BCUT2D eigenvalue weighted by molar-refractivity contribution is 5.87. The Morgan fingerprint density at radius 3 is 2.80 bits per heavy atom. The van der Waals surface area contributed by atoms with Crippen molar-refractivity contribution in [1.82, 2.24) is 19.0 Å². The van der Waals surface area contributed by atoms with Gasteiger partial charge in [-0.3, -0.25) is 14.4 Å². The van der Waals surface area contributed by atoms with Gasteiger partial charge in [-0.25, -0.2) is 4.98 Å². The van der Waals surface area contributed by atoms with Crippen molar-refractivity contribution in [2.45, 2.75) is 33.2 Å². The lowest BCUT2D eigenvalue weighted by Crippen LogP contribution is -2.39. The Balaban J connectivity index is 1.83. The van der Waals surface area contributed by atoms with Gasteiger partial charge in [-0.1, -0.05) is 0 Å². The number of fused-ring (bicyclic) bond motifs is 1. The van der Waals surface area contributed by atoms with E-state index < -0.39 is 0 Å². The van der Waals surface area contributed by atoms with Crippen molar-refractivity contribution < 1.29 is 9.59 Å². The van der Waals surface area contributed by atoms with Crippen LogP contribution in [-0.2, 0) is 18.4 Å². The molecule has 0 unspecified atom stereocenters. The van der Waals surface area contributed by atoms with E-state index in [0.717, 1.165) is 48.1 Å². The number of hydrogen-bond donors (Lipinski definition) is 0. The van der Waals surface area contributed by atoms with Crippen LogP contribution in [-0.4, -0.2) is 44.3 Å². The van der Waals surface area contributed by atoms with Crippen LogP contribution >= 0.6 is 0 Å². The Kier molecular flexibility index (Phi) is 5.28. The lowest BCUT2D eigenvalue weighted by Gasteiger charge is -2.32. The second-order valence-corrected chi connectivity index (χ2v) is 8.21. The minimum atomic E-state index is -0.0333. The number of likely N-dealkylation sites (tertiary alicyclic amines) is 1. The smallest absolute Gasteiger partial charge is 0.253 e. The molecule has 3 heterocycles. The summed E-state index contributed by atoms with van der Waals surface area (Å²) in [6, 6.07) is 7.35. The van der Waals surface area contributed by atoms with Crippen molar-refractivity contribution in [2.24, 2.45) is 13.0 Å². The normalized spacial score (nSPS) is 16.8. The SMILES string of the molecule is CC(=O)N1CCC[C@H](Cn2c(-c3cc(C)c(=O)n(C)c3)nc3ccc(C=O)cc32)C1. The number of aldehydes is 1. The van der Waals surface area contributed by atoms with Crippen LogP contribution in [0.4, 0.5) is 0 Å². The average Bonchev–Trinajstić information content (AvgIpc) is 3.09. The molecule has 1 aliphatic rings. The molecule has 1 amide bonds. The van der Waals surface area contributed by atoms with Crippen LogP contribution in [0.25, 0.3) is 22.4 Å².